The highest BCUT2D eigenvalue weighted by atomic mass is 32.1. The van der Waals surface area contributed by atoms with E-state index in [-0.39, 0.29) is 0 Å². The van der Waals surface area contributed by atoms with Crippen LogP contribution in [0.4, 0.5) is 0 Å². The smallest absolute Gasteiger partial charge is 0.193 e. The third kappa shape index (κ3) is 2.97. The van der Waals surface area contributed by atoms with E-state index in [2.05, 4.69) is 22.3 Å². The Bertz CT molecular complexity index is 467. The summed E-state index contributed by atoms with van der Waals surface area (Å²) in [6.45, 7) is 0.865. The van der Waals surface area contributed by atoms with Crippen LogP contribution in [-0.2, 0) is 19.4 Å². The summed E-state index contributed by atoms with van der Waals surface area (Å²) >= 11 is 1.89. The number of aryl methyl sites for hydroxylation is 2. The van der Waals surface area contributed by atoms with Gasteiger partial charge in [0.15, 0.2) is 5.96 Å². The largest absolute Gasteiger partial charge is 0.354 e. The molecule has 0 aliphatic heterocycles. The van der Waals surface area contributed by atoms with E-state index in [4.69, 9.17) is 4.98 Å². The van der Waals surface area contributed by atoms with Crippen molar-refractivity contribution in [3.05, 3.63) is 15.6 Å². The van der Waals surface area contributed by atoms with Gasteiger partial charge in [-0.2, -0.15) is 0 Å². The summed E-state index contributed by atoms with van der Waals surface area (Å²) in [5.41, 5.74) is 1.35. The van der Waals surface area contributed by atoms with Crippen molar-refractivity contribution in [3.8, 4) is 0 Å². The van der Waals surface area contributed by atoms with E-state index in [0.717, 1.165) is 12.5 Å². The Hall–Kier alpha value is -1.10. The van der Waals surface area contributed by atoms with E-state index < -0.39 is 0 Å². The van der Waals surface area contributed by atoms with Crippen molar-refractivity contribution in [1.82, 2.24) is 15.2 Å². The highest BCUT2D eigenvalue weighted by molar-refractivity contribution is 7.11. The molecule has 0 saturated heterocycles. The Labute approximate surface area is 125 Å². The van der Waals surface area contributed by atoms with Crippen molar-refractivity contribution >= 4 is 17.3 Å². The number of rotatable bonds is 3. The van der Waals surface area contributed by atoms with Crippen LogP contribution in [0, 0.1) is 0 Å². The molecule has 0 aromatic carbocycles. The van der Waals surface area contributed by atoms with Crippen LogP contribution in [0.5, 0.6) is 0 Å². The molecule has 1 aromatic rings. The maximum absolute atomic E-state index is 4.81. The second kappa shape index (κ2) is 6.12. The van der Waals surface area contributed by atoms with Gasteiger partial charge in [0.2, 0.25) is 0 Å². The number of aliphatic imine (C=N–C) groups is 1. The first-order chi connectivity index (χ1) is 9.76. The van der Waals surface area contributed by atoms with Crippen molar-refractivity contribution in [2.24, 2.45) is 4.99 Å². The Kier molecular flexibility index (Phi) is 4.24. The lowest BCUT2D eigenvalue weighted by Crippen LogP contribution is -2.46. The maximum Gasteiger partial charge on any atom is 0.193 e. The minimum absolute atomic E-state index is 0.626. The molecular weight excluding hydrogens is 268 g/mol. The molecule has 4 nitrogen and oxygen atoms in total. The molecular formula is C15H24N4S. The molecule has 0 atom stereocenters. The first-order valence-corrected chi connectivity index (χ1v) is 8.50. The zero-order chi connectivity index (χ0) is 13.9. The second-order valence-electron chi connectivity index (χ2n) is 5.86. The summed E-state index contributed by atoms with van der Waals surface area (Å²) in [5, 5.41) is 4.77. The normalized spacial score (nSPS) is 19.4. The van der Waals surface area contributed by atoms with Crippen LogP contribution < -0.4 is 5.32 Å². The van der Waals surface area contributed by atoms with Gasteiger partial charge in [-0.1, -0.05) is 0 Å². The van der Waals surface area contributed by atoms with Gasteiger partial charge in [0, 0.05) is 25.0 Å². The fraction of sp³-hybridized carbons (Fsp3) is 0.733. The van der Waals surface area contributed by atoms with Crippen LogP contribution in [-0.4, -0.2) is 36.0 Å². The lowest BCUT2D eigenvalue weighted by Gasteiger charge is -2.31. The molecule has 0 unspecified atom stereocenters. The summed E-state index contributed by atoms with van der Waals surface area (Å²) in [5.74, 6) is 1.00. The molecule has 110 valence electrons. The van der Waals surface area contributed by atoms with Crippen LogP contribution in [0.2, 0.25) is 0 Å². The zero-order valence-corrected chi connectivity index (χ0v) is 13.3. The summed E-state index contributed by atoms with van der Waals surface area (Å²) in [7, 11) is 3.97. The topological polar surface area (TPSA) is 40.5 Å². The van der Waals surface area contributed by atoms with Crippen LogP contribution in [0.25, 0.3) is 0 Å². The third-order valence-corrected chi connectivity index (χ3v) is 5.42. The Morgan fingerprint density at radius 2 is 2.15 bits per heavy atom. The van der Waals surface area contributed by atoms with Crippen molar-refractivity contribution in [3.63, 3.8) is 0 Å². The Morgan fingerprint density at radius 1 is 1.35 bits per heavy atom. The quantitative estimate of drug-likeness (QED) is 0.687. The molecule has 20 heavy (non-hydrogen) atoms. The van der Waals surface area contributed by atoms with Crippen molar-refractivity contribution in [2.75, 3.05) is 14.1 Å². The standard InChI is InChI=1S/C15H24N4S/c1-16-15(17-11-6-5-7-11)19(2)10-14-18-12-8-3-4-9-13(12)20-14/h11H,3-10H2,1-2H3,(H,16,17). The first-order valence-electron chi connectivity index (χ1n) is 7.68. The molecule has 2 aliphatic carbocycles. The van der Waals surface area contributed by atoms with E-state index in [0.29, 0.717) is 6.04 Å². The van der Waals surface area contributed by atoms with Crippen LogP contribution in [0.1, 0.15) is 47.7 Å². The molecule has 5 heteroatoms. The number of hydrogen-bond donors (Lipinski definition) is 1. The monoisotopic (exact) mass is 292 g/mol. The molecule has 1 fully saturated rings. The average Bonchev–Trinajstić information content (AvgIpc) is 2.79. The molecule has 1 saturated carbocycles. The van der Waals surface area contributed by atoms with E-state index >= 15 is 0 Å². The maximum atomic E-state index is 4.81. The van der Waals surface area contributed by atoms with Gasteiger partial charge < -0.3 is 10.2 Å². The fourth-order valence-corrected chi connectivity index (χ4v) is 4.04. The van der Waals surface area contributed by atoms with Gasteiger partial charge in [-0.15, -0.1) is 11.3 Å². The summed E-state index contributed by atoms with van der Waals surface area (Å²) < 4.78 is 0. The predicted molar refractivity (Wildman–Crippen MR) is 84.4 cm³/mol. The summed E-state index contributed by atoms with van der Waals surface area (Å²) in [6, 6.07) is 0.626. The molecule has 0 spiro atoms. The molecule has 3 rings (SSSR count). The van der Waals surface area contributed by atoms with E-state index in [1.165, 1.54) is 60.5 Å². The van der Waals surface area contributed by atoms with E-state index in [9.17, 15) is 0 Å². The number of thiazole rings is 1. The lowest BCUT2D eigenvalue weighted by molar-refractivity contribution is 0.359. The Balaban J connectivity index is 1.61. The first kappa shape index (κ1) is 13.9. The fourth-order valence-electron chi connectivity index (χ4n) is 2.83. The SMILES string of the molecule is CN=C(NC1CCC1)N(C)Cc1nc2c(s1)CCCC2. The van der Waals surface area contributed by atoms with Gasteiger partial charge in [0.1, 0.15) is 5.01 Å². The summed E-state index contributed by atoms with van der Waals surface area (Å²) in [6.07, 6.45) is 8.93. The highest BCUT2D eigenvalue weighted by Crippen LogP contribution is 2.27. The van der Waals surface area contributed by atoms with Crippen LogP contribution >= 0.6 is 11.3 Å². The van der Waals surface area contributed by atoms with Crippen molar-refractivity contribution in [1.29, 1.82) is 0 Å². The molecule has 0 bridgehead atoms. The number of guanidine groups is 1. The summed E-state index contributed by atoms with van der Waals surface area (Å²) in [4.78, 5) is 12.9. The number of aromatic nitrogens is 1. The van der Waals surface area contributed by atoms with Crippen LogP contribution in [0.3, 0.4) is 0 Å². The highest BCUT2D eigenvalue weighted by Gasteiger charge is 2.21. The number of fused-ring (bicyclic) bond motifs is 1. The second-order valence-corrected chi connectivity index (χ2v) is 7.03. The van der Waals surface area contributed by atoms with Gasteiger partial charge in [-0.3, -0.25) is 4.99 Å². The molecule has 2 aliphatic rings. The minimum Gasteiger partial charge on any atom is -0.354 e. The van der Waals surface area contributed by atoms with Gasteiger partial charge in [-0.05, 0) is 44.9 Å². The molecule has 0 radical (unpaired) electrons. The molecule has 1 heterocycles. The van der Waals surface area contributed by atoms with Crippen LogP contribution in [0.15, 0.2) is 4.99 Å². The van der Waals surface area contributed by atoms with E-state index in [1.54, 1.807) is 0 Å². The average molecular weight is 292 g/mol. The van der Waals surface area contributed by atoms with Gasteiger partial charge in [0.05, 0.1) is 12.2 Å². The van der Waals surface area contributed by atoms with E-state index in [1.807, 2.05) is 18.4 Å². The van der Waals surface area contributed by atoms with Gasteiger partial charge >= 0.3 is 0 Å². The van der Waals surface area contributed by atoms with Gasteiger partial charge in [0.25, 0.3) is 0 Å². The van der Waals surface area contributed by atoms with Crippen molar-refractivity contribution in [2.45, 2.75) is 57.5 Å². The Morgan fingerprint density at radius 3 is 2.80 bits per heavy atom. The van der Waals surface area contributed by atoms with Gasteiger partial charge in [-0.25, -0.2) is 4.98 Å². The number of nitrogens with zero attached hydrogens (tertiary/aromatic N) is 3. The molecule has 0 amide bonds. The predicted octanol–water partition coefficient (Wildman–Crippen LogP) is 2.58. The third-order valence-electron chi connectivity index (χ3n) is 4.27. The lowest BCUT2D eigenvalue weighted by atomic mass is 9.93. The van der Waals surface area contributed by atoms with Crippen molar-refractivity contribution < 1.29 is 0 Å². The number of nitrogens with one attached hydrogen (secondary N) is 1. The zero-order valence-electron chi connectivity index (χ0n) is 12.5. The molecule has 1 N–H and O–H groups in total. The number of hydrogen-bond acceptors (Lipinski definition) is 3. The molecule has 1 aromatic heterocycles. The minimum atomic E-state index is 0.626.